The fraction of sp³-hybridized carbons (Fsp3) is 0.174. The molecule has 0 radical (unpaired) electrons. The van der Waals surface area contributed by atoms with Crippen molar-refractivity contribution in [1.82, 2.24) is 24.9 Å². The molecule has 1 N–H and O–H groups in total. The Hall–Kier alpha value is -3.01. The lowest BCUT2D eigenvalue weighted by Crippen LogP contribution is -2.27. The standard InChI is InChI=1S/C23H23N5O2S2/c1-17-13-14-18(2)21(15-17)28-23(25-26-27-28)31-22(19-9-5-3-6-10-19)16-24-32(29,30)20-11-7-4-8-12-20/h3-15,22,24H,16H2,1-2H3. The van der Waals surface area contributed by atoms with E-state index in [1.807, 2.05) is 62.4 Å². The summed E-state index contributed by atoms with van der Waals surface area (Å²) in [4.78, 5) is 0.233. The van der Waals surface area contributed by atoms with E-state index < -0.39 is 10.0 Å². The zero-order valence-corrected chi connectivity index (χ0v) is 19.3. The number of sulfonamides is 1. The predicted molar refractivity (Wildman–Crippen MR) is 125 cm³/mol. The van der Waals surface area contributed by atoms with Crippen LogP contribution in [0.15, 0.2) is 88.9 Å². The third-order valence-corrected chi connectivity index (χ3v) is 7.59. The number of benzene rings is 3. The molecule has 9 heteroatoms. The van der Waals surface area contributed by atoms with Gasteiger partial charge >= 0.3 is 0 Å². The van der Waals surface area contributed by atoms with Gasteiger partial charge in [-0.3, -0.25) is 0 Å². The van der Waals surface area contributed by atoms with Gasteiger partial charge in [0.15, 0.2) is 0 Å². The number of nitrogens with zero attached hydrogens (tertiary/aromatic N) is 4. The monoisotopic (exact) mass is 465 g/mol. The molecule has 1 aromatic heterocycles. The van der Waals surface area contributed by atoms with Gasteiger partial charge in [-0.15, -0.1) is 5.10 Å². The summed E-state index contributed by atoms with van der Waals surface area (Å²) in [5, 5.41) is 12.6. The molecule has 1 atom stereocenters. The van der Waals surface area contributed by atoms with E-state index in [1.54, 1.807) is 35.0 Å². The van der Waals surface area contributed by atoms with Crippen molar-refractivity contribution in [2.75, 3.05) is 6.54 Å². The van der Waals surface area contributed by atoms with Crippen molar-refractivity contribution in [2.24, 2.45) is 0 Å². The normalized spacial score (nSPS) is 12.6. The van der Waals surface area contributed by atoms with Crippen LogP contribution in [-0.4, -0.2) is 35.2 Å². The van der Waals surface area contributed by atoms with Gasteiger partial charge < -0.3 is 0 Å². The molecule has 0 amide bonds. The highest BCUT2D eigenvalue weighted by Crippen LogP contribution is 2.35. The summed E-state index contributed by atoms with van der Waals surface area (Å²) in [6.07, 6.45) is 0. The maximum absolute atomic E-state index is 12.8. The zero-order chi connectivity index (χ0) is 22.6. The SMILES string of the molecule is Cc1ccc(C)c(-n2nnnc2SC(CNS(=O)(=O)c2ccccc2)c2ccccc2)c1. The molecule has 1 heterocycles. The lowest BCUT2D eigenvalue weighted by molar-refractivity contribution is 0.581. The van der Waals surface area contributed by atoms with Crippen molar-refractivity contribution in [3.63, 3.8) is 0 Å². The van der Waals surface area contributed by atoms with Crippen LogP contribution < -0.4 is 4.72 Å². The van der Waals surface area contributed by atoms with E-state index in [1.165, 1.54) is 11.8 Å². The molecule has 1 unspecified atom stereocenters. The minimum Gasteiger partial charge on any atom is -0.210 e. The Kier molecular flexibility index (Phi) is 6.69. The van der Waals surface area contributed by atoms with Gasteiger partial charge in [0.1, 0.15) is 0 Å². The Labute approximate surface area is 191 Å². The summed E-state index contributed by atoms with van der Waals surface area (Å²) in [7, 11) is -3.64. The largest absolute Gasteiger partial charge is 0.240 e. The summed E-state index contributed by atoms with van der Waals surface area (Å²) in [5.74, 6) is 0. The molecule has 7 nitrogen and oxygen atoms in total. The second-order valence-electron chi connectivity index (χ2n) is 7.35. The molecule has 0 spiro atoms. The van der Waals surface area contributed by atoms with E-state index >= 15 is 0 Å². The minimum atomic E-state index is -3.64. The molecule has 4 aromatic rings. The molecule has 0 aliphatic rings. The van der Waals surface area contributed by atoms with Gasteiger partial charge in [0.05, 0.1) is 15.8 Å². The Balaban J connectivity index is 1.62. The van der Waals surface area contributed by atoms with Gasteiger partial charge in [0.2, 0.25) is 15.2 Å². The number of rotatable bonds is 8. The molecule has 0 aliphatic carbocycles. The summed E-state index contributed by atoms with van der Waals surface area (Å²) >= 11 is 1.42. The first-order valence-corrected chi connectivity index (χ1v) is 12.4. The topological polar surface area (TPSA) is 89.8 Å². The average molecular weight is 466 g/mol. The van der Waals surface area contributed by atoms with Gasteiger partial charge in [0.25, 0.3) is 0 Å². The first-order chi connectivity index (χ1) is 15.4. The summed E-state index contributed by atoms with van der Waals surface area (Å²) in [6, 6.07) is 24.2. The number of hydrogen-bond donors (Lipinski definition) is 1. The number of thioether (sulfide) groups is 1. The van der Waals surface area contributed by atoms with Crippen LogP contribution in [0.2, 0.25) is 0 Å². The molecule has 3 aromatic carbocycles. The molecule has 0 fully saturated rings. The van der Waals surface area contributed by atoms with Crippen LogP contribution in [-0.2, 0) is 10.0 Å². The van der Waals surface area contributed by atoms with Crippen LogP contribution in [0.25, 0.3) is 5.69 Å². The highest BCUT2D eigenvalue weighted by atomic mass is 32.2. The number of aromatic nitrogens is 4. The zero-order valence-electron chi connectivity index (χ0n) is 17.7. The fourth-order valence-corrected chi connectivity index (χ4v) is 5.45. The average Bonchev–Trinajstić information content (AvgIpc) is 3.27. The van der Waals surface area contributed by atoms with Crippen molar-refractivity contribution in [1.29, 1.82) is 0 Å². The number of tetrazole rings is 1. The lowest BCUT2D eigenvalue weighted by atomic mass is 10.1. The van der Waals surface area contributed by atoms with E-state index in [4.69, 9.17) is 0 Å². The number of hydrogen-bond acceptors (Lipinski definition) is 6. The summed E-state index contributed by atoms with van der Waals surface area (Å²) < 4.78 is 30.0. The van der Waals surface area contributed by atoms with Crippen molar-refractivity contribution in [3.8, 4) is 5.69 Å². The van der Waals surface area contributed by atoms with Crippen molar-refractivity contribution in [3.05, 3.63) is 95.6 Å². The van der Waals surface area contributed by atoms with Crippen molar-refractivity contribution in [2.45, 2.75) is 29.1 Å². The number of aryl methyl sites for hydroxylation is 2. The molecule has 0 aliphatic heterocycles. The maximum atomic E-state index is 12.8. The molecular formula is C23H23N5O2S2. The predicted octanol–water partition coefficient (Wildman–Crippen LogP) is 4.09. The van der Waals surface area contributed by atoms with Gasteiger partial charge in [-0.05, 0) is 59.2 Å². The Morgan fingerprint density at radius 2 is 1.66 bits per heavy atom. The van der Waals surface area contributed by atoms with Crippen LogP contribution in [0.5, 0.6) is 0 Å². The Morgan fingerprint density at radius 1 is 0.969 bits per heavy atom. The molecule has 0 saturated carbocycles. The molecule has 164 valence electrons. The van der Waals surface area contributed by atoms with Crippen LogP contribution in [0.1, 0.15) is 21.9 Å². The van der Waals surface area contributed by atoms with E-state index in [-0.39, 0.29) is 16.7 Å². The molecule has 0 saturated heterocycles. The van der Waals surface area contributed by atoms with E-state index in [0.717, 1.165) is 22.4 Å². The maximum Gasteiger partial charge on any atom is 0.240 e. The quantitative estimate of drug-likeness (QED) is 0.394. The first kappa shape index (κ1) is 22.2. The third-order valence-electron chi connectivity index (χ3n) is 4.97. The van der Waals surface area contributed by atoms with E-state index in [2.05, 4.69) is 20.2 Å². The van der Waals surface area contributed by atoms with E-state index in [0.29, 0.717) is 5.16 Å². The van der Waals surface area contributed by atoms with Crippen LogP contribution >= 0.6 is 11.8 Å². The Morgan fingerprint density at radius 3 is 2.38 bits per heavy atom. The highest BCUT2D eigenvalue weighted by molar-refractivity contribution is 7.99. The summed E-state index contributed by atoms with van der Waals surface area (Å²) in [6.45, 7) is 4.21. The first-order valence-electron chi connectivity index (χ1n) is 10.1. The Bertz CT molecular complexity index is 1290. The van der Waals surface area contributed by atoms with Gasteiger partial charge in [-0.1, -0.05) is 72.4 Å². The van der Waals surface area contributed by atoms with Crippen molar-refractivity contribution < 1.29 is 8.42 Å². The minimum absolute atomic E-state index is 0.186. The van der Waals surface area contributed by atoms with Crippen LogP contribution in [0.4, 0.5) is 0 Å². The molecule has 0 bridgehead atoms. The van der Waals surface area contributed by atoms with Crippen LogP contribution in [0.3, 0.4) is 0 Å². The van der Waals surface area contributed by atoms with Gasteiger partial charge in [-0.2, -0.15) is 4.68 Å². The molecular weight excluding hydrogens is 442 g/mol. The van der Waals surface area contributed by atoms with Gasteiger partial charge in [0, 0.05) is 6.54 Å². The summed E-state index contributed by atoms with van der Waals surface area (Å²) in [5.41, 5.74) is 4.02. The number of nitrogens with one attached hydrogen (secondary N) is 1. The van der Waals surface area contributed by atoms with Gasteiger partial charge in [-0.25, -0.2) is 13.1 Å². The highest BCUT2D eigenvalue weighted by Gasteiger charge is 2.22. The fourth-order valence-electron chi connectivity index (χ4n) is 3.24. The molecule has 32 heavy (non-hydrogen) atoms. The smallest absolute Gasteiger partial charge is 0.210 e. The lowest BCUT2D eigenvalue weighted by Gasteiger charge is -2.18. The third kappa shape index (κ3) is 5.07. The second-order valence-corrected chi connectivity index (χ2v) is 10.3. The van der Waals surface area contributed by atoms with E-state index in [9.17, 15) is 8.42 Å². The van der Waals surface area contributed by atoms with Crippen LogP contribution in [0, 0.1) is 13.8 Å². The molecule has 4 rings (SSSR count). The van der Waals surface area contributed by atoms with Crippen molar-refractivity contribution >= 4 is 21.8 Å². The second kappa shape index (κ2) is 9.64.